The van der Waals surface area contributed by atoms with Gasteiger partial charge in [0.15, 0.2) is 5.69 Å². The Bertz CT molecular complexity index is 600. The minimum Gasteiger partial charge on any atom is -0.478 e. The van der Waals surface area contributed by atoms with Gasteiger partial charge >= 0.3 is 5.97 Å². The first kappa shape index (κ1) is 14.7. The van der Waals surface area contributed by atoms with E-state index in [-0.39, 0.29) is 5.69 Å². The maximum Gasteiger partial charge on any atom is 0.358 e. The lowest BCUT2D eigenvalue weighted by molar-refractivity contribution is 0.0690. The highest BCUT2D eigenvalue weighted by atomic mass is 16.5. The molecule has 2 aromatic rings. The van der Waals surface area contributed by atoms with Crippen LogP contribution in [0.25, 0.3) is 0 Å². The number of carboxylic acid groups (broad SMARTS) is 1. The van der Waals surface area contributed by atoms with Crippen molar-refractivity contribution in [3.63, 3.8) is 0 Å². The summed E-state index contributed by atoms with van der Waals surface area (Å²) in [6.07, 6.45) is 3.70. The summed E-state index contributed by atoms with van der Waals surface area (Å²) < 4.78 is 6.86. The molecule has 2 rings (SSSR count). The summed E-state index contributed by atoms with van der Waals surface area (Å²) in [6, 6.07) is 1.71. The largest absolute Gasteiger partial charge is 0.478 e. The molecule has 9 nitrogen and oxygen atoms in total. The average molecular weight is 292 g/mol. The van der Waals surface area contributed by atoms with E-state index in [0.29, 0.717) is 31.4 Å². The number of carboxylic acids is 1. The van der Waals surface area contributed by atoms with Crippen molar-refractivity contribution in [3.05, 3.63) is 24.3 Å². The Morgan fingerprint density at radius 2 is 2.33 bits per heavy atom. The second-order valence-electron chi connectivity index (χ2n) is 4.19. The zero-order chi connectivity index (χ0) is 15.1. The van der Waals surface area contributed by atoms with Gasteiger partial charge in [-0.05, 0) is 6.42 Å². The second kappa shape index (κ2) is 7.17. The smallest absolute Gasteiger partial charge is 0.358 e. The van der Waals surface area contributed by atoms with Gasteiger partial charge in [0.05, 0.1) is 19.3 Å². The first-order chi connectivity index (χ1) is 10.2. The van der Waals surface area contributed by atoms with E-state index in [9.17, 15) is 4.79 Å². The molecule has 0 saturated carbocycles. The maximum atomic E-state index is 10.7. The highest BCUT2D eigenvalue weighted by Gasteiger charge is 2.07. The molecular formula is C12H16N6O3. The molecular weight excluding hydrogens is 276 g/mol. The van der Waals surface area contributed by atoms with Gasteiger partial charge in [-0.3, -0.25) is 0 Å². The zero-order valence-corrected chi connectivity index (χ0v) is 11.6. The molecule has 0 spiro atoms. The summed E-state index contributed by atoms with van der Waals surface area (Å²) in [5, 5.41) is 19.1. The monoisotopic (exact) mass is 292 g/mol. The summed E-state index contributed by atoms with van der Waals surface area (Å²) in [7, 11) is 0. The predicted octanol–water partition coefficient (Wildman–Crippen LogP) is 0.667. The Kier molecular flexibility index (Phi) is 5.02. The molecule has 0 aromatic carbocycles. The quantitative estimate of drug-likeness (QED) is 0.729. The van der Waals surface area contributed by atoms with E-state index >= 15 is 0 Å². The molecule has 0 atom stereocenters. The van der Waals surface area contributed by atoms with E-state index in [4.69, 9.17) is 9.84 Å². The summed E-state index contributed by atoms with van der Waals surface area (Å²) in [4.78, 5) is 18.7. The molecule has 0 fully saturated rings. The van der Waals surface area contributed by atoms with Crippen LogP contribution in [0, 0.1) is 0 Å². The lowest BCUT2D eigenvalue weighted by Crippen LogP contribution is -2.12. The van der Waals surface area contributed by atoms with Crippen molar-refractivity contribution in [1.29, 1.82) is 0 Å². The van der Waals surface area contributed by atoms with Crippen LogP contribution in [-0.4, -0.2) is 49.2 Å². The van der Waals surface area contributed by atoms with Crippen LogP contribution in [0.1, 0.15) is 23.8 Å². The maximum absolute atomic E-state index is 10.7. The van der Waals surface area contributed by atoms with E-state index in [2.05, 4.69) is 25.6 Å². The Balaban J connectivity index is 1.83. The third kappa shape index (κ3) is 4.41. The average Bonchev–Trinajstić information content (AvgIpc) is 2.95. The van der Waals surface area contributed by atoms with Gasteiger partial charge in [-0.1, -0.05) is 12.1 Å². The molecule has 112 valence electrons. The highest BCUT2D eigenvalue weighted by molar-refractivity contribution is 5.84. The number of hydrogen-bond donors (Lipinski definition) is 2. The van der Waals surface area contributed by atoms with Crippen LogP contribution in [0.4, 0.5) is 5.82 Å². The van der Waals surface area contributed by atoms with Crippen LogP contribution in [0.15, 0.2) is 18.6 Å². The summed E-state index contributed by atoms with van der Waals surface area (Å²) in [5.74, 6) is 0.0562. The number of nitrogens with one attached hydrogen (secondary N) is 1. The molecule has 9 heteroatoms. The van der Waals surface area contributed by atoms with Gasteiger partial charge in [0.1, 0.15) is 12.1 Å². The van der Waals surface area contributed by atoms with Crippen molar-refractivity contribution >= 4 is 11.8 Å². The van der Waals surface area contributed by atoms with Gasteiger partial charge in [-0.25, -0.2) is 19.4 Å². The molecule has 0 radical (unpaired) electrons. The van der Waals surface area contributed by atoms with Gasteiger partial charge in [-0.2, -0.15) is 0 Å². The number of nitrogens with zero attached hydrogens (tertiary/aromatic N) is 5. The Hall–Kier alpha value is -2.71. The van der Waals surface area contributed by atoms with Crippen LogP contribution in [0.2, 0.25) is 0 Å². The molecule has 0 aliphatic rings. The molecule has 2 N–H and O–H groups in total. The molecule has 21 heavy (non-hydrogen) atoms. The fourth-order valence-electron chi connectivity index (χ4n) is 1.53. The van der Waals surface area contributed by atoms with Gasteiger partial charge in [-0.15, -0.1) is 5.10 Å². The third-order valence-electron chi connectivity index (χ3n) is 2.50. The SMILES string of the molecule is CCCOc1cc(NCCn2cc(C(=O)O)nn2)ncn1. The first-order valence-corrected chi connectivity index (χ1v) is 6.51. The van der Waals surface area contributed by atoms with Crippen molar-refractivity contribution in [3.8, 4) is 5.88 Å². The van der Waals surface area contributed by atoms with Crippen LogP contribution in [-0.2, 0) is 6.54 Å². The van der Waals surface area contributed by atoms with Gasteiger partial charge in [0.2, 0.25) is 5.88 Å². The van der Waals surface area contributed by atoms with Crippen LogP contribution < -0.4 is 10.1 Å². The fraction of sp³-hybridized carbons (Fsp3) is 0.417. The van der Waals surface area contributed by atoms with E-state index in [1.54, 1.807) is 6.07 Å². The standard InChI is InChI=1S/C12H16N6O3/c1-2-5-21-11-6-10(14-8-15-11)13-3-4-18-7-9(12(19)20)16-17-18/h6-8H,2-5H2,1H3,(H,19,20)(H,13,14,15). The molecule has 0 unspecified atom stereocenters. The lowest BCUT2D eigenvalue weighted by Gasteiger charge is -2.07. The van der Waals surface area contributed by atoms with Crippen molar-refractivity contribution in [2.24, 2.45) is 0 Å². The molecule has 0 amide bonds. The number of rotatable bonds is 8. The number of carbonyl (C=O) groups is 1. The van der Waals surface area contributed by atoms with Gasteiger partial charge < -0.3 is 15.2 Å². The predicted molar refractivity (Wildman–Crippen MR) is 73.3 cm³/mol. The number of aromatic carboxylic acids is 1. The minimum absolute atomic E-state index is 0.0766. The normalized spacial score (nSPS) is 10.3. The van der Waals surface area contributed by atoms with Gasteiger partial charge in [0, 0.05) is 12.6 Å². The summed E-state index contributed by atoms with van der Waals surface area (Å²) >= 11 is 0. The van der Waals surface area contributed by atoms with E-state index in [1.165, 1.54) is 17.2 Å². The van der Waals surface area contributed by atoms with E-state index in [0.717, 1.165) is 6.42 Å². The minimum atomic E-state index is -1.09. The first-order valence-electron chi connectivity index (χ1n) is 6.51. The Morgan fingerprint density at radius 3 is 3.05 bits per heavy atom. The van der Waals surface area contributed by atoms with E-state index in [1.807, 2.05) is 6.92 Å². The van der Waals surface area contributed by atoms with Crippen molar-refractivity contribution in [1.82, 2.24) is 25.0 Å². The topological polar surface area (TPSA) is 115 Å². The zero-order valence-electron chi connectivity index (χ0n) is 11.6. The second-order valence-corrected chi connectivity index (χ2v) is 4.19. The molecule has 0 saturated heterocycles. The summed E-state index contributed by atoms with van der Waals surface area (Å²) in [5.41, 5.74) is -0.0766. The van der Waals surface area contributed by atoms with Crippen molar-refractivity contribution < 1.29 is 14.6 Å². The molecule has 0 aliphatic heterocycles. The highest BCUT2D eigenvalue weighted by Crippen LogP contribution is 2.10. The Morgan fingerprint density at radius 1 is 1.48 bits per heavy atom. The number of anilines is 1. The van der Waals surface area contributed by atoms with Crippen LogP contribution in [0.5, 0.6) is 5.88 Å². The lowest BCUT2D eigenvalue weighted by atomic mass is 10.5. The number of hydrogen-bond acceptors (Lipinski definition) is 7. The van der Waals surface area contributed by atoms with Crippen molar-refractivity contribution in [2.45, 2.75) is 19.9 Å². The number of ether oxygens (including phenoxy) is 1. The molecule has 0 bridgehead atoms. The third-order valence-corrected chi connectivity index (χ3v) is 2.50. The molecule has 2 heterocycles. The van der Waals surface area contributed by atoms with E-state index < -0.39 is 5.97 Å². The Labute approximate surface area is 121 Å². The van der Waals surface area contributed by atoms with Crippen LogP contribution in [0.3, 0.4) is 0 Å². The van der Waals surface area contributed by atoms with Gasteiger partial charge in [0.25, 0.3) is 0 Å². The molecule has 2 aromatic heterocycles. The fourth-order valence-corrected chi connectivity index (χ4v) is 1.53. The van der Waals surface area contributed by atoms with Crippen LogP contribution >= 0.6 is 0 Å². The summed E-state index contributed by atoms with van der Waals surface area (Å²) in [6.45, 7) is 3.61. The number of aromatic nitrogens is 5. The van der Waals surface area contributed by atoms with Crippen molar-refractivity contribution in [2.75, 3.05) is 18.5 Å². The molecule has 0 aliphatic carbocycles.